The van der Waals surface area contributed by atoms with Crippen molar-refractivity contribution in [2.75, 3.05) is 18.0 Å². The Morgan fingerprint density at radius 3 is 2.48 bits per heavy atom. The van der Waals surface area contributed by atoms with E-state index in [9.17, 15) is 0 Å². The monoisotopic (exact) mass is 308 g/mol. The van der Waals surface area contributed by atoms with Crippen LogP contribution in [0.3, 0.4) is 0 Å². The van der Waals surface area contributed by atoms with Crippen LogP contribution in [-0.4, -0.2) is 39.1 Å². The topological polar surface area (TPSA) is 59.2 Å². The molecule has 6 nitrogen and oxygen atoms in total. The molecule has 23 heavy (non-hydrogen) atoms. The van der Waals surface area contributed by atoms with Crippen LogP contribution in [0.25, 0.3) is 11.2 Å². The Bertz CT molecular complexity index is 815. The normalized spacial score (nSPS) is 11.4. The van der Waals surface area contributed by atoms with E-state index in [0.717, 1.165) is 24.3 Å². The minimum Gasteiger partial charge on any atom is -0.372 e. The van der Waals surface area contributed by atoms with E-state index in [1.165, 1.54) is 5.69 Å². The van der Waals surface area contributed by atoms with Gasteiger partial charge in [0.25, 0.3) is 0 Å². The molecule has 0 atom stereocenters. The number of aryl methyl sites for hydroxylation is 1. The van der Waals surface area contributed by atoms with Gasteiger partial charge in [0.05, 0.1) is 0 Å². The van der Waals surface area contributed by atoms with Gasteiger partial charge >= 0.3 is 0 Å². The van der Waals surface area contributed by atoms with E-state index in [1.54, 1.807) is 17.1 Å². The lowest BCUT2D eigenvalue weighted by molar-refractivity contribution is 0.787. The molecule has 0 aliphatic rings. The van der Waals surface area contributed by atoms with E-state index in [2.05, 4.69) is 63.1 Å². The fraction of sp³-hybridized carbons (Fsp3) is 0.294. The molecule has 0 unspecified atom stereocenters. The number of benzene rings is 1. The maximum Gasteiger partial charge on any atom is 0.202 e. The van der Waals surface area contributed by atoms with Crippen LogP contribution in [-0.2, 0) is 7.05 Å². The van der Waals surface area contributed by atoms with Crippen molar-refractivity contribution in [3.63, 3.8) is 0 Å². The summed E-state index contributed by atoms with van der Waals surface area (Å²) in [7, 11) is 1.84. The highest BCUT2D eigenvalue weighted by Crippen LogP contribution is 2.20. The Morgan fingerprint density at radius 2 is 1.78 bits per heavy atom. The minimum absolute atomic E-state index is 0.586. The number of hydrogen-bond donors (Lipinski definition) is 0. The number of rotatable bonds is 5. The predicted molar refractivity (Wildman–Crippen MR) is 93.6 cm³/mol. The minimum atomic E-state index is 0.586. The summed E-state index contributed by atoms with van der Waals surface area (Å²) in [4.78, 5) is 15.3. The number of hydrogen-bond acceptors (Lipinski definition) is 5. The van der Waals surface area contributed by atoms with Crippen LogP contribution < -0.4 is 4.90 Å². The van der Waals surface area contributed by atoms with Gasteiger partial charge < -0.3 is 4.90 Å². The number of fused-ring (bicyclic) bond motifs is 1. The lowest BCUT2D eigenvalue weighted by Gasteiger charge is -2.20. The first-order valence-corrected chi connectivity index (χ1v) is 7.75. The first-order chi connectivity index (χ1) is 11.2. The van der Waals surface area contributed by atoms with Crippen LogP contribution in [0.1, 0.15) is 19.4 Å². The summed E-state index contributed by atoms with van der Waals surface area (Å²) in [5, 5.41) is 4.36. The molecule has 0 spiro atoms. The number of nitrogens with zero attached hydrogens (tertiary/aromatic N) is 6. The predicted octanol–water partition coefficient (Wildman–Crippen LogP) is 2.96. The van der Waals surface area contributed by atoms with Gasteiger partial charge in [0.15, 0.2) is 11.2 Å². The van der Waals surface area contributed by atoms with E-state index in [0.29, 0.717) is 11.3 Å². The van der Waals surface area contributed by atoms with Crippen molar-refractivity contribution in [3.05, 3.63) is 42.2 Å². The summed E-state index contributed by atoms with van der Waals surface area (Å²) in [6.45, 7) is 6.32. The molecule has 0 amide bonds. The van der Waals surface area contributed by atoms with Crippen molar-refractivity contribution in [2.24, 2.45) is 12.0 Å². The second kappa shape index (κ2) is 6.56. The molecule has 118 valence electrons. The van der Waals surface area contributed by atoms with Gasteiger partial charge in [-0.15, -0.1) is 5.10 Å². The van der Waals surface area contributed by atoms with E-state index >= 15 is 0 Å². The lowest BCUT2D eigenvalue weighted by Crippen LogP contribution is -2.21. The lowest BCUT2D eigenvalue weighted by atomic mass is 10.2. The van der Waals surface area contributed by atoms with Crippen LogP contribution in [0, 0.1) is 0 Å². The van der Waals surface area contributed by atoms with Crippen molar-refractivity contribution in [2.45, 2.75) is 13.8 Å². The number of anilines is 1. The molecule has 1 aromatic carbocycles. The van der Waals surface area contributed by atoms with Crippen molar-refractivity contribution in [3.8, 4) is 0 Å². The molecule has 0 N–H and O–H groups in total. The maximum atomic E-state index is 4.47. The Hall–Kier alpha value is -2.76. The van der Waals surface area contributed by atoms with Crippen molar-refractivity contribution >= 4 is 28.9 Å². The SMILES string of the molecule is CCN(CC)c1ccc(C=Nc2nn(C)c3nccnc23)cc1. The molecule has 3 aromatic rings. The van der Waals surface area contributed by atoms with E-state index < -0.39 is 0 Å². The van der Waals surface area contributed by atoms with Gasteiger partial charge in [-0.1, -0.05) is 12.1 Å². The average molecular weight is 308 g/mol. The fourth-order valence-corrected chi connectivity index (χ4v) is 2.54. The third-order valence-corrected chi connectivity index (χ3v) is 3.80. The van der Waals surface area contributed by atoms with Gasteiger partial charge in [-0.05, 0) is 31.5 Å². The zero-order valence-electron chi connectivity index (χ0n) is 13.6. The standard InChI is InChI=1S/C17H20N6/c1-4-23(5-2)14-8-6-13(7-9-14)12-20-16-15-17(22(3)21-16)19-11-10-18-15/h6-12H,4-5H2,1-3H3. The maximum absolute atomic E-state index is 4.47. The van der Waals surface area contributed by atoms with Crippen molar-refractivity contribution in [1.29, 1.82) is 0 Å². The molecule has 3 rings (SSSR count). The smallest absolute Gasteiger partial charge is 0.202 e. The van der Waals surface area contributed by atoms with Crippen LogP contribution >= 0.6 is 0 Å². The third kappa shape index (κ3) is 3.06. The molecular formula is C17H20N6. The Kier molecular flexibility index (Phi) is 4.32. The molecule has 0 aliphatic carbocycles. The summed E-state index contributed by atoms with van der Waals surface area (Å²) in [5.74, 6) is 0.586. The zero-order chi connectivity index (χ0) is 16.2. The average Bonchev–Trinajstić information content (AvgIpc) is 2.92. The first kappa shape index (κ1) is 15.1. The summed E-state index contributed by atoms with van der Waals surface area (Å²) in [6, 6.07) is 8.36. The molecule has 0 aliphatic heterocycles. The van der Waals surface area contributed by atoms with E-state index in [1.807, 2.05) is 13.3 Å². The molecule has 0 radical (unpaired) electrons. The van der Waals surface area contributed by atoms with Crippen molar-refractivity contribution in [1.82, 2.24) is 19.7 Å². The molecule has 0 bridgehead atoms. The van der Waals surface area contributed by atoms with Gasteiger partial charge in [0, 0.05) is 44.4 Å². The molecule has 0 saturated heterocycles. The van der Waals surface area contributed by atoms with Crippen LogP contribution in [0.2, 0.25) is 0 Å². The molecule has 2 aromatic heterocycles. The summed E-state index contributed by atoms with van der Waals surface area (Å²) < 4.78 is 1.69. The first-order valence-electron chi connectivity index (χ1n) is 7.75. The molecular weight excluding hydrogens is 288 g/mol. The van der Waals surface area contributed by atoms with E-state index in [-0.39, 0.29) is 0 Å². The summed E-state index contributed by atoms with van der Waals surface area (Å²) in [6.07, 6.45) is 5.12. The third-order valence-electron chi connectivity index (χ3n) is 3.80. The molecule has 2 heterocycles. The van der Waals surface area contributed by atoms with Gasteiger partial charge in [-0.25, -0.2) is 19.6 Å². The second-order valence-electron chi connectivity index (χ2n) is 5.20. The van der Waals surface area contributed by atoms with Crippen molar-refractivity contribution < 1.29 is 0 Å². The molecule has 0 saturated carbocycles. The molecule has 6 heteroatoms. The van der Waals surface area contributed by atoms with Gasteiger partial charge in [0.2, 0.25) is 5.82 Å². The van der Waals surface area contributed by atoms with Crippen LogP contribution in [0.5, 0.6) is 0 Å². The zero-order valence-corrected chi connectivity index (χ0v) is 13.6. The molecule has 0 fully saturated rings. The fourth-order valence-electron chi connectivity index (χ4n) is 2.54. The van der Waals surface area contributed by atoms with Crippen LogP contribution in [0.15, 0.2) is 41.7 Å². The highest BCUT2D eigenvalue weighted by atomic mass is 15.3. The van der Waals surface area contributed by atoms with E-state index in [4.69, 9.17) is 0 Å². The second-order valence-corrected chi connectivity index (χ2v) is 5.20. The van der Waals surface area contributed by atoms with Crippen LogP contribution in [0.4, 0.5) is 11.5 Å². The van der Waals surface area contributed by atoms with Gasteiger partial charge in [-0.2, -0.15) is 0 Å². The quantitative estimate of drug-likeness (QED) is 0.680. The number of aromatic nitrogens is 4. The summed E-state index contributed by atoms with van der Waals surface area (Å²) in [5.41, 5.74) is 3.70. The largest absolute Gasteiger partial charge is 0.372 e. The van der Waals surface area contributed by atoms with Gasteiger partial charge in [-0.3, -0.25) is 0 Å². The highest BCUT2D eigenvalue weighted by molar-refractivity contribution is 5.88. The Morgan fingerprint density at radius 1 is 1.09 bits per heavy atom. The Labute approximate surface area is 135 Å². The summed E-state index contributed by atoms with van der Waals surface area (Å²) >= 11 is 0. The number of aliphatic imine (C=N–C) groups is 1. The highest BCUT2D eigenvalue weighted by Gasteiger charge is 2.08. The van der Waals surface area contributed by atoms with Gasteiger partial charge in [0.1, 0.15) is 0 Å². The Balaban J connectivity index is 1.84.